The van der Waals surface area contributed by atoms with Crippen molar-refractivity contribution >= 4 is 5.91 Å². The lowest BCUT2D eigenvalue weighted by molar-refractivity contribution is 0.0705. The molecule has 1 unspecified atom stereocenters. The topological polar surface area (TPSA) is 85.4 Å². The predicted molar refractivity (Wildman–Crippen MR) is 71.1 cm³/mol. The molecular weight excluding hydrogens is 246 g/mol. The zero-order chi connectivity index (χ0) is 13.7. The number of amides is 1. The molecule has 2 rings (SSSR count). The molecule has 3 N–H and O–H groups in total. The molecule has 19 heavy (non-hydrogen) atoms. The first-order valence-corrected chi connectivity index (χ1v) is 6.53. The molecule has 1 saturated heterocycles. The average Bonchev–Trinajstić information content (AvgIpc) is 2.91. The molecule has 0 spiro atoms. The number of nitrogens with zero attached hydrogens (tertiary/aromatic N) is 1. The van der Waals surface area contributed by atoms with Crippen molar-refractivity contribution in [1.82, 2.24) is 15.2 Å². The summed E-state index contributed by atoms with van der Waals surface area (Å²) in [5, 5.41) is 12.4. The summed E-state index contributed by atoms with van der Waals surface area (Å²) < 4.78 is 0. The Morgan fingerprint density at radius 3 is 3.00 bits per heavy atom. The maximum absolute atomic E-state index is 12.3. The third-order valence-electron chi connectivity index (χ3n) is 3.31. The highest BCUT2D eigenvalue weighted by molar-refractivity contribution is 5.93. The van der Waals surface area contributed by atoms with E-state index in [1.54, 1.807) is 6.07 Å². The van der Waals surface area contributed by atoms with Crippen molar-refractivity contribution in [3.05, 3.63) is 34.2 Å². The van der Waals surface area contributed by atoms with Gasteiger partial charge in [0.05, 0.1) is 6.61 Å². The van der Waals surface area contributed by atoms with Gasteiger partial charge in [0.25, 0.3) is 11.5 Å². The number of carbonyl (C=O) groups excluding carboxylic acids is 1. The van der Waals surface area contributed by atoms with Gasteiger partial charge >= 0.3 is 0 Å². The van der Waals surface area contributed by atoms with Crippen molar-refractivity contribution in [2.24, 2.45) is 0 Å². The van der Waals surface area contributed by atoms with Gasteiger partial charge < -0.3 is 20.3 Å². The van der Waals surface area contributed by atoms with Crippen LogP contribution in [0.4, 0.5) is 0 Å². The minimum Gasteiger partial charge on any atom is -0.395 e. The lowest BCUT2D eigenvalue weighted by Crippen LogP contribution is -2.43. The second-order valence-electron chi connectivity index (χ2n) is 4.68. The van der Waals surface area contributed by atoms with Crippen LogP contribution in [0, 0.1) is 0 Å². The van der Waals surface area contributed by atoms with Gasteiger partial charge in [-0.1, -0.05) is 0 Å². The number of aromatic amines is 1. The molecule has 6 nitrogen and oxygen atoms in total. The molecule has 6 heteroatoms. The zero-order valence-corrected chi connectivity index (χ0v) is 10.8. The van der Waals surface area contributed by atoms with Crippen LogP contribution < -0.4 is 10.9 Å². The Hall–Kier alpha value is -1.66. The molecule has 1 amide bonds. The highest BCUT2D eigenvalue weighted by Gasteiger charge is 2.23. The van der Waals surface area contributed by atoms with Crippen molar-refractivity contribution < 1.29 is 9.90 Å². The van der Waals surface area contributed by atoms with E-state index < -0.39 is 5.56 Å². The molecule has 0 saturated carbocycles. The molecular formula is C13H19N3O3. The fourth-order valence-electron chi connectivity index (χ4n) is 2.34. The van der Waals surface area contributed by atoms with E-state index in [1.807, 2.05) is 0 Å². The molecule has 1 aromatic heterocycles. The van der Waals surface area contributed by atoms with Gasteiger partial charge in [0.15, 0.2) is 0 Å². The summed E-state index contributed by atoms with van der Waals surface area (Å²) in [5.74, 6) is -0.329. The Labute approximate surface area is 111 Å². The van der Waals surface area contributed by atoms with E-state index >= 15 is 0 Å². The molecule has 1 atom stereocenters. The predicted octanol–water partition coefficient (Wildman–Crippen LogP) is -0.439. The summed E-state index contributed by atoms with van der Waals surface area (Å²) in [6, 6.07) is 3.38. The van der Waals surface area contributed by atoms with Gasteiger partial charge in [-0.05, 0) is 31.5 Å². The number of pyridine rings is 1. The highest BCUT2D eigenvalue weighted by Crippen LogP contribution is 2.08. The maximum atomic E-state index is 12.3. The molecule has 0 bridgehead atoms. The number of carbonyl (C=O) groups is 1. The van der Waals surface area contributed by atoms with Gasteiger partial charge in [-0.25, -0.2) is 0 Å². The molecule has 1 aromatic rings. The second-order valence-corrected chi connectivity index (χ2v) is 4.68. The second kappa shape index (κ2) is 6.49. The fourth-order valence-corrected chi connectivity index (χ4v) is 2.34. The van der Waals surface area contributed by atoms with Crippen LogP contribution in [0.15, 0.2) is 23.1 Å². The quantitative estimate of drug-likeness (QED) is 0.674. The van der Waals surface area contributed by atoms with E-state index in [9.17, 15) is 9.59 Å². The van der Waals surface area contributed by atoms with E-state index in [0.29, 0.717) is 6.54 Å². The van der Waals surface area contributed by atoms with Crippen molar-refractivity contribution in [2.75, 3.05) is 26.2 Å². The van der Waals surface area contributed by atoms with Crippen LogP contribution in [-0.4, -0.2) is 53.2 Å². The number of aromatic nitrogens is 1. The number of nitrogens with one attached hydrogen (secondary N) is 2. The first-order valence-electron chi connectivity index (χ1n) is 6.53. The third kappa shape index (κ3) is 3.42. The lowest BCUT2D eigenvalue weighted by atomic mass is 10.2. The minimum atomic E-state index is -0.394. The van der Waals surface area contributed by atoms with Crippen LogP contribution in [0.2, 0.25) is 0 Å². The molecule has 1 fully saturated rings. The Kier molecular flexibility index (Phi) is 4.70. The summed E-state index contributed by atoms with van der Waals surface area (Å²) in [7, 11) is 0. The van der Waals surface area contributed by atoms with Gasteiger partial charge in [0, 0.05) is 25.3 Å². The molecule has 0 radical (unpaired) electrons. The van der Waals surface area contributed by atoms with E-state index in [1.165, 1.54) is 17.2 Å². The number of hydrogen-bond acceptors (Lipinski definition) is 4. The molecule has 1 aliphatic heterocycles. The monoisotopic (exact) mass is 265 g/mol. The van der Waals surface area contributed by atoms with Crippen LogP contribution in [0.3, 0.4) is 0 Å². The van der Waals surface area contributed by atoms with E-state index in [-0.39, 0.29) is 30.7 Å². The Bertz CT molecular complexity index is 480. The van der Waals surface area contributed by atoms with E-state index in [2.05, 4.69) is 10.3 Å². The fraction of sp³-hybridized carbons (Fsp3) is 0.538. The Morgan fingerprint density at radius 2 is 2.37 bits per heavy atom. The number of H-pyrrole nitrogens is 1. The lowest BCUT2D eigenvalue weighted by Gasteiger charge is -2.24. The van der Waals surface area contributed by atoms with Gasteiger partial charge in [-0.15, -0.1) is 0 Å². The van der Waals surface area contributed by atoms with Gasteiger partial charge in [-0.2, -0.15) is 0 Å². The standard InChI is InChI=1S/C13H19N3O3/c17-8-7-16(9-10-3-1-5-14-10)13(19)11-4-2-6-15-12(11)18/h2,4,6,10,14,17H,1,3,5,7-9H2,(H,15,18). The summed E-state index contributed by atoms with van der Waals surface area (Å²) >= 11 is 0. The van der Waals surface area contributed by atoms with Crippen LogP contribution >= 0.6 is 0 Å². The van der Waals surface area contributed by atoms with E-state index in [0.717, 1.165) is 19.4 Å². The van der Waals surface area contributed by atoms with Gasteiger partial charge in [0.1, 0.15) is 5.56 Å². The summed E-state index contributed by atoms with van der Waals surface area (Å²) in [4.78, 5) is 28.0. The van der Waals surface area contributed by atoms with Crippen LogP contribution in [0.5, 0.6) is 0 Å². The van der Waals surface area contributed by atoms with Crippen LogP contribution in [0.25, 0.3) is 0 Å². The van der Waals surface area contributed by atoms with Gasteiger partial charge in [0.2, 0.25) is 0 Å². The first kappa shape index (κ1) is 13.8. The summed E-state index contributed by atoms with van der Waals surface area (Å²) in [6.45, 7) is 1.61. The van der Waals surface area contributed by atoms with Crippen LogP contribution in [-0.2, 0) is 0 Å². The number of rotatable bonds is 5. The highest BCUT2D eigenvalue weighted by atomic mass is 16.3. The number of hydrogen-bond donors (Lipinski definition) is 3. The summed E-state index contributed by atoms with van der Waals surface area (Å²) in [6.07, 6.45) is 3.60. The molecule has 0 aromatic carbocycles. The zero-order valence-electron chi connectivity index (χ0n) is 10.8. The third-order valence-corrected chi connectivity index (χ3v) is 3.31. The van der Waals surface area contributed by atoms with Crippen molar-refractivity contribution in [3.63, 3.8) is 0 Å². The Balaban J connectivity index is 2.11. The molecule has 104 valence electrons. The first-order chi connectivity index (χ1) is 9.22. The van der Waals surface area contributed by atoms with Crippen molar-refractivity contribution in [2.45, 2.75) is 18.9 Å². The van der Waals surface area contributed by atoms with Crippen molar-refractivity contribution in [3.8, 4) is 0 Å². The molecule has 1 aliphatic rings. The smallest absolute Gasteiger partial charge is 0.260 e. The molecule has 2 heterocycles. The normalized spacial score (nSPS) is 18.5. The summed E-state index contributed by atoms with van der Waals surface area (Å²) in [5.41, 5.74) is -0.274. The SMILES string of the molecule is O=C(c1ccc[nH]c1=O)N(CCO)CC1CCCN1. The Morgan fingerprint density at radius 1 is 1.53 bits per heavy atom. The van der Waals surface area contributed by atoms with E-state index in [4.69, 9.17) is 5.11 Å². The van der Waals surface area contributed by atoms with Gasteiger partial charge in [-0.3, -0.25) is 9.59 Å². The molecule has 0 aliphatic carbocycles. The van der Waals surface area contributed by atoms with Crippen LogP contribution in [0.1, 0.15) is 23.2 Å². The minimum absolute atomic E-state index is 0.108. The average molecular weight is 265 g/mol. The number of aliphatic hydroxyl groups is 1. The maximum Gasteiger partial charge on any atom is 0.260 e. The largest absolute Gasteiger partial charge is 0.395 e. The number of aliphatic hydroxyl groups excluding tert-OH is 1. The van der Waals surface area contributed by atoms with Crippen molar-refractivity contribution in [1.29, 1.82) is 0 Å².